The van der Waals surface area contributed by atoms with Gasteiger partial charge in [0, 0.05) is 50.7 Å². The molecule has 4 rings (SSSR count). The number of thiazole rings is 2. The molecule has 14 heteroatoms. The molecule has 0 unspecified atom stereocenters. The van der Waals surface area contributed by atoms with Crippen molar-refractivity contribution in [1.29, 1.82) is 0 Å². The van der Waals surface area contributed by atoms with Crippen molar-refractivity contribution >= 4 is 41.0 Å². The highest BCUT2D eigenvalue weighted by atomic mass is 32.1. The average molecular weight is 709 g/mol. The van der Waals surface area contributed by atoms with Gasteiger partial charge in [-0.25, -0.2) is 14.4 Å². The first kappa shape index (κ1) is 37.3. The fourth-order valence-electron chi connectivity index (χ4n) is 4.95. The number of nitrogens with zero attached hydrogens (tertiary/aromatic N) is 3. The monoisotopic (exact) mass is 708 g/mol. The van der Waals surface area contributed by atoms with Crippen LogP contribution in [-0.2, 0) is 40.3 Å². The molecular formula is C35H44N6O6S2. The summed E-state index contributed by atoms with van der Waals surface area (Å²) in [5.41, 5.74) is 4.80. The van der Waals surface area contributed by atoms with Crippen LogP contribution in [0, 0.1) is 0 Å². The van der Waals surface area contributed by atoms with E-state index in [-0.39, 0.29) is 31.8 Å². The van der Waals surface area contributed by atoms with Gasteiger partial charge in [-0.3, -0.25) is 14.9 Å². The molecule has 12 nitrogen and oxygen atoms in total. The summed E-state index contributed by atoms with van der Waals surface area (Å²) >= 11 is 2.82. The molecule has 0 aliphatic carbocycles. The predicted octanol–water partition coefficient (Wildman–Crippen LogP) is 5.80. The molecule has 0 saturated carbocycles. The lowest BCUT2D eigenvalue weighted by atomic mass is 10.0. The fraction of sp³-hybridized carbons (Fsp3) is 0.400. The van der Waals surface area contributed by atoms with Crippen LogP contribution in [-0.4, -0.2) is 77.0 Å². The molecule has 0 radical (unpaired) electrons. The van der Waals surface area contributed by atoms with Crippen LogP contribution in [0.2, 0.25) is 0 Å². The number of hydrogen-bond donors (Lipinski definition) is 3. The Morgan fingerprint density at radius 1 is 0.735 bits per heavy atom. The number of alkyl carbamates (subject to hydrolysis) is 3. The summed E-state index contributed by atoms with van der Waals surface area (Å²) in [6, 6.07) is 19.0. The maximum absolute atomic E-state index is 13.0. The van der Waals surface area contributed by atoms with E-state index in [4.69, 9.17) is 14.2 Å². The van der Waals surface area contributed by atoms with E-state index in [9.17, 15) is 14.4 Å². The molecule has 2 aromatic carbocycles. The third-order valence-corrected chi connectivity index (χ3v) is 8.51. The van der Waals surface area contributed by atoms with Gasteiger partial charge in [0.15, 0.2) is 0 Å². The topological polar surface area (TPSA) is 144 Å². The predicted molar refractivity (Wildman–Crippen MR) is 189 cm³/mol. The molecule has 4 aromatic rings. The van der Waals surface area contributed by atoms with Crippen LogP contribution in [0.3, 0.4) is 0 Å². The van der Waals surface area contributed by atoms with Crippen molar-refractivity contribution in [3.05, 3.63) is 105 Å². The van der Waals surface area contributed by atoms with Crippen molar-refractivity contribution in [3.63, 3.8) is 0 Å². The second-order valence-electron chi connectivity index (χ2n) is 12.3. The smallest absolute Gasteiger partial charge is 0.407 e. The number of nitrogens with one attached hydrogen (secondary N) is 3. The zero-order valence-electron chi connectivity index (χ0n) is 28.0. The molecule has 49 heavy (non-hydrogen) atoms. The van der Waals surface area contributed by atoms with Gasteiger partial charge in [0.05, 0.1) is 20.8 Å². The molecule has 0 bridgehead atoms. The highest BCUT2D eigenvalue weighted by Gasteiger charge is 2.24. The third-order valence-electron chi connectivity index (χ3n) is 7.01. The van der Waals surface area contributed by atoms with Crippen molar-refractivity contribution < 1.29 is 28.6 Å². The number of hydrogen-bond acceptors (Lipinski definition) is 11. The Morgan fingerprint density at radius 2 is 1.20 bits per heavy atom. The van der Waals surface area contributed by atoms with Gasteiger partial charge in [0.2, 0.25) is 0 Å². The van der Waals surface area contributed by atoms with Crippen LogP contribution < -0.4 is 16.0 Å². The fourth-order valence-corrected chi connectivity index (χ4v) is 5.96. The molecule has 0 spiro atoms. The Bertz CT molecular complexity index is 1440. The second-order valence-corrected chi connectivity index (χ2v) is 14.3. The van der Waals surface area contributed by atoms with Gasteiger partial charge in [-0.05, 0) is 44.7 Å². The van der Waals surface area contributed by atoms with Crippen LogP contribution in [0.5, 0.6) is 0 Å². The third kappa shape index (κ3) is 15.1. The minimum atomic E-state index is -0.641. The molecule has 0 saturated heterocycles. The van der Waals surface area contributed by atoms with E-state index < -0.39 is 23.9 Å². The summed E-state index contributed by atoms with van der Waals surface area (Å²) in [7, 11) is 0. The van der Waals surface area contributed by atoms with E-state index >= 15 is 0 Å². The van der Waals surface area contributed by atoms with Crippen LogP contribution in [0.1, 0.15) is 41.7 Å². The quantitative estimate of drug-likeness (QED) is 0.116. The maximum Gasteiger partial charge on any atom is 0.407 e. The van der Waals surface area contributed by atoms with Gasteiger partial charge >= 0.3 is 18.3 Å². The molecule has 3 amide bonds. The highest BCUT2D eigenvalue weighted by molar-refractivity contribution is 7.09. The minimum absolute atomic E-state index is 0.116. The molecule has 0 aliphatic heterocycles. The van der Waals surface area contributed by atoms with E-state index in [2.05, 4.69) is 30.8 Å². The molecule has 0 fully saturated rings. The van der Waals surface area contributed by atoms with Gasteiger partial charge < -0.3 is 30.2 Å². The Labute approximate surface area is 295 Å². The van der Waals surface area contributed by atoms with Gasteiger partial charge in [-0.15, -0.1) is 22.7 Å². The molecular weight excluding hydrogens is 665 g/mol. The largest absolute Gasteiger partial charge is 0.444 e. The summed E-state index contributed by atoms with van der Waals surface area (Å²) in [6.07, 6.45) is 2.77. The number of carbonyl (C=O) groups excluding carboxylic acids is 3. The minimum Gasteiger partial charge on any atom is -0.444 e. The Balaban J connectivity index is 1.51. The number of carbonyl (C=O) groups is 3. The van der Waals surface area contributed by atoms with Crippen molar-refractivity contribution in [2.24, 2.45) is 0 Å². The van der Waals surface area contributed by atoms with E-state index in [1.165, 1.54) is 22.7 Å². The standard InChI is InChI=1S/C35H44N6O6S2/c1-35(2,3)47-32(42)38-14-15-41(20-28(16-26-10-6-4-7-11-26)39-33(43)45-22-30-18-36-24-48-30)21-29(17-27-12-8-5-9-13-27)40-34(44)46-23-31-19-37-25-49-31/h4-13,18-19,24-25,28-29H,14-17,20-23H2,1-3H3,(H,38,42)(H,39,43)(H,40,44)/t28-,29-/m1/s1. The lowest BCUT2D eigenvalue weighted by Crippen LogP contribution is -2.52. The van der Waals surface area contributed by atoms with Crippen molar-refractivity contribution in [2.45, 2.75) is 64.5 Å². The van der Waals surface area contributed by atoms with Gasteiger partial charge in [-0.1, -0.05) is 60.7 Å². The number of ether oxygens (including phenoxy) is 3. The maximum atomic E-state index is 13.0. The summed E-state index contributed by atoms with van der Waals surface area (Å²) < 4.78 is 16.5. The molecule has 0 aliphatic rings. The van der Waals surface area contributed by atoms with Gasteiger partial charge in [0.25, 0.3) is 0 Å². The number of rotatable bonds is 17. The van der Waals surface area contributed by atoms with Crippen LogP contribution in [0.4, 0.5) is 14.4 Å². The van der Waals surface area contributed by atoms with Crippen LogP contribution >= 0.6 is 22.7 Å². The molecule has 2 aromatic heterocycles. The number of amides is 3. The normalized spacial score (nSPS) is 12.5. The van der Waals surface area contributed by atoms with Gasteiger partial charge in [-0.2, -0.15) is 0 Å². The number of aromatic nitrogens is 2. The molecule has 2 heterocycles. The first-order valence-electron chi connectivity index (χ1n) is 16.0. The van der Waals surface area contributed by atoms with E-state index in [0.717, 1.165) is 20.9 Å². The van der Waals surface area contributed by atoms with Crippen molar-refractivity contribution in [3.8, 4) is 0 Å². The Kier molecular flexibility index (Phi) is 14.8. The Hall–Kier alpha value is -4.53. The zero-order valence-corrected chi connectivity index (χ0v) is 29.6. The average Bonchev–Trinajstić information content (AvgIpc) is 3.78. The van der Waals surface area contributed by atoms with E-state index in [1.54, 1.807) is 44.2 Å². The summed E-state index contributed by atoms with van der Waals surface area (Å²) in [5, 5.41) is 8.91. The molecule has 262 valence electrons. The van der Waals surface area contributed by atoms with Crippen molar-refractivity contribution in [1.82, 2.24) is 30.8 Å². The molecule has 3 N–H and O–H groups in total. The number of benzene rings is 2. The second kappa shape index (κ2) is 19.5. The first-order valence-corrected chi connectivity index (χ1v) is 17.8. The lowest BCUT2D eigenvalue weighted by molar-refractivity contribution is 0.0521. The van der Waals surface area contributed by atoms with Crippen molar-refractivity contribution in [2.75, 3.05) is 26.2 Å². The first-order chi connectivity index (χ1) is 23.6. The Morgan fingerprint density at radius 3 is 1.61 bits per heavy atom. The lowest BCUT2D eigenvalue weighted by Gasteiger charge is -2.32. The van der Waals surface area contributed by atoms with E-state index in [1.807, 2.05) is 60.7 Å². The van der Waals surface area contributed by atoms with Crippen LogP contribution in [0.15, 0.2) is 84.1 Å². The van der Waals surface area contributed by atoms with E-state index in [0.29, 0.717) is 32.5 Å². The highest BCUT2D eigenvalue weighted by Crippen LogP contribution is 2.12. The SMILES string of the molecule is CC(C)(C)OC(=O)NCCN(C[C@@H](Cc1ccccc1)NC(=O)OCc1cncs1)C[C@@H](Cc1ccccc1)NC(=O)OCc1cncs1. The van der Waals surface area contributed by atoms with Crippen LogP contribution in [0.25, 0.3) is 0 Å². The molecule has 2 atom stereocenters. The summed E-state index contributed by atoms with van der Waals surface area (Å²) in [5.74, 6) is 0. The summed E-state index contributed by atoms with van der Waals surface area (Å²) in [4.78, 5) is 50.4. The zero-order chi connectivity index (χ0) is 34.9. The summed E-state index contributed by atoms with van der Waals surface area (Å²) in [6.45, 7) is 7.12. The van der Waals surface area contributed by atoms with Gasteiger partial charge in [0.1, 0.15) is 18.8 Å².